The molecule has 0 heterocycles. The first-order valence-electron chi connectivity index (χ1n) is 5.79. The lowest BCUT2D eigenvalue weighted by atomic mass is 10.1. The minimum absolute atomic E-state index is 0.868. The molecule has 0 radical (unpaired) electrons. The Morgan fingerprint density at radius 2 is 1.35 bits per heavy atom. The summed E-state index contributed by atoms with van der Waals surface area (Å²) in [6, 6.07) is 15.7. The molecule has 2 nitrogen and oxygen atoms in total. The third-order valence-corrected chi connectivity index (χ3v) is 2.62. The lowest BCUT2D eigenvalue weighted by molar-refractivity contribution is 1.14. The molecule has 2 aromatic carbocycles. The topological polar surface area (TPSA) is 52.0 Å². The number of rotatable bonds is 1. The summed E-state index contributed by atoms with van der Waals surface area (Å²) in [7, 11) is 0. The van der Waals surface area contributed by atoms with Gasteiger partial charge in [-0.25, -0.2) is 0 Å². The van der Waals surface area contributed by atoms with Gasteiger partial charge in [0.05, 0.1) is 0 Å². The van der Waals surface area contributed by atoms with E-state index in [-0.39, 0.29) is 0 Å². The molecule has 0 bridgehead atoms. The van der Waals surface area contributed by atoms with E-state index in [1.165, 1.54) is 5.56 Å². The van der Waals surface area contributed by atoms with Crippen LogP contribution < -0.4 is 11.5 Å². The van der Waals surface area contributed by atoms with Crippen molar-refractivity contribution in [3.63, 3.8) is 0 Å². The smallest absolute Gasteiger partial charge is 0.0346 e. The van der Waals surface area contributed by atoms with Gasteiger partial charge in [-0.1, -0.05) is 43.3 Å². The molecule has 0 aliphatic rings. The van der Waals surface area contributed by atoms with Crippen LogP contribution in [0.4, 0.5) is 11.4 Å². The van der Waals surface area contributed by atoms with E-state index in [2.05, 4.69) is 13.0 Å². The van der Waals surface area contributed by atoms with Gasteiger partial charge in [-0.15, -0.1) is 0 Å². The van der Waals surface area contributed by atoms with Crippen molar-refractivity contribution in [3.8, 4) is 0 Å². The lowest BCUT2D eigenvalue weighted by Crippen LogP contribution is -1.90. The molecule has 0 saturated heterocycles. The minimum Gasteiger partial charge on any atom is -0.399 e. The lowest BCUT2D eigenvalue weighted by Gasteiger charge is -1.98. The second-order valence-corrected chi connectivity index (χ2v) is 3.91. The summed E-state index contributed by atoms with van der Waals surface area (Å²) in [5.74, 6) is 0. The molecular weight excluding hydrogens is 208 g/mol. The van der Waals surface area contributed by atoms with E-state index in [1.807, 2.05) is 49.4 Å². The van der Waals surface area contributed by atoms with Gasteiger partial charge in [0, 0.05) is 11.4 Å². The first kappa shape index (κ1) is 13.1. The molecular formula is C15H20N2. The normalized spacial score (nSPS) is 9.29. The molecule has 90 valence electrons. The number of hydrogen-bond acceptors (Lipinski definition) is 2. The van der Waals surface area contributed by atoms with Crippen molar-refractivity contribution in [1.29, 1.82) is 0 Å². The van der Waals surface area contributed by atoms with Crippen molar-refractivity contribution in [2.45, 2.75) is 20.3 Å². The van der Waals surface area contributed by atoms with Gasteiger partial charge in [0.25, 0.3) is 0 Å². The summed E-state index contributed by atoms with van der Waals surface area (Å²) in [6.07, 6.45) is 1.02. The fourth-order valence-electron chi connectivity index (χ4n) is 1.44. The van der Waals surface area contributed by atoms with Crippen molar-refractivity contribution in [1.82, 2.24) is 0 Å². The summed E-state index contributed by atoms with van der Waals surface area (Å²) >= 11 is 0. The molecule has 17 heavy (non-hydrogen) atoms. The molecule has 2 aromatic rings. The van der Waals surface area contributed by atoms with Crippen LogP contribution in [0.5, 0.6) is 0 Å². The highest BCUT2D eigenvalue weighted by Crippen LogP contribution is 2.09. The Kier molecular flexibility index (Phi) is 5.08. The maximum absolute atomic E-state index is 5.63. The van der Waals surface area contributed by atoms with Gasteiger partial charge < -0.3 is 11.5 Å². The van der Waals surface area contributed by atoms with Crippen molar-refractivity contribution >= 4 is 11.4 Å². The van der Waals surface area contributed by atoms with Crippen LogP contribution in [0.1, 0.15) is 18.1 Å². The highest BCUT2D eigenvalue weighted by molar-refractivity contribution is 5.46. The van der Waals surface area contributed by atoms with Crippen LogP contribution >= 0.6 is 0 Å². The predicted molar refractivity (Wildman–Crippen MR) is 75.8 cm³/mol. The first-order valence-corrected chi connectivity index (χ1v) is 5.79. The van der Waals surface area contributed by atoms with E-state index in [1.54, 1.807) is 0 Å². The molecule has 2 rings (SSSR count). The van der Waals surface area contributed by atoms with E-state index in [9.17, 15) is 0 Å². The van der Waals surface area contributed by atoms with Crippen molar-refractivity contribution in [2.24, 2.45) is 0 Å². The van der Waals surface area contributed by atoms with E-state index in [0.717, 1.165) is 23.4 Å². The molecule has 0 amide bonds. The van der Waals surface area contributed by atoms with Crippen molar-refractivity contribution in [3.05, 3.63) is 59.7 Å². The Labute approximate surface area is 103 Å². The zero-order valence-corrected chi connectivity index (χ0v) is 10.5. The summed E-state index contributed by atoms with van der Waals surface area (Å²) in [5, 5.41) is 0. The number of aryl methyl sites for hydroxylation is 2. The van der Waals surface area contributed by atoms with E-state index >= 15 is 0 Å². The Morgan fingerprint density at radius 3 is 1.71 bits per heavy atom. The number of anilines is 2. The number of nitrogen functional groups attached to an aromatic ring is 2. The second-order valence-electron chi connectivity index (χ2n) is 3.91. The Hall–Kier alpha value is -1.96. The molecule has 0 aliphatic carbocycles. The van der Waals surface area contributed by atoms with E-state index in [4.69, 9.17) is 11.5 Å². The first-order chi connectivity index (χ1) is 8.15. The highest BCUT2D eigenvalue weighted by atomic mass is 14.6. The van der Waals surface area contributed by atoms with Gasteiger partial charge in [-0.05, 0) is 36.6 Å². The number of hydrogen-bond donors (Lipinski definition) is 2. The molecule has 0 aliphatic heterocycles. The van der Waals surface area contributed by atoms with Crippen LogP contribution in [0.15, 0.2) is 48.5 Å². The quantitative estimate of drug-likeness (QED) is 0.735. The molecule has 4 N–H and O–H groups in total. The number of benzene rings is 2. The van der Waals surface area contributed by atoms with Gasteiger partial charge in [0.1, 0.15) is 0 Å². The van der Waals surface area contributed by atoms with Crippen LogP contribution in [0.3, 0.4) is 0 Å². The number of para-hydroxylation sites is 2. The maximum atomic E-state index is 5.63. The molecule has 2 heteroatoms. The number of nitrogens with two attached hydrogens (primary N) is 2. The zero-order chi connectivity index (χ0) is 12.7. The predicted octanol–water partition coefficient (Wildman–Crippen LogP) is 3.41. The standard InChI is InChI=1S/C8H11N.C7H9N/c1-2-7-5-3-4-6-8(7)9;1-6-4-2-3-5-7(6)8/h3-6H,2,9H2,1H3;2-5H,8H2,1H3. The molecule has 0 unspecified atom stereocenters. The second kappa shape index (κ2) is 6.59. The third-order valence-electron chi connectivity index (χ3n) is 2.62. The van der Waals surface area contributed by atoms with Gasteiger partial charge in [-0.2, -0.15) is 0 Å². The third kappa shape index (κ3) is 4.19. The van der Waals surface area contributed by atoms with Crippen LogP contribution in [0, 0.1) is 6.92 Å². The fourth-order valence-corrected chi connectivity index (χ4v) is 1.44. The largest absolute Gasteiger partial charge is 0.399 e. The van der Waals surface area contributed by atoms with Crippen LogP contribution in [-0.2, 0) is 6.42 Å². The van der Waals surface area contributed by atoms with Crippen LogP contribution in [0.2, 0.25) is 0 Å². The zero-order valence-electron chi connectivity index (χ0n) is 10.5. The molecule has 0 fully saturated rings. The molecule has 0 spiro atoms. The van der Waals surface area contributed by atoms with Crippen LogP contribution in [-0.4, -0.2) is 0 Å². The van der Waals surface area contributed by atoms with Crippen LogP contribution in [0.25, 0.3) is 0 Å². The Balaban J connectivity index is 0.000000171. The van der Waals surface area contributed by atoms with Gasteiger partial charge in [0.2, 0.25) is 0 Å². The molecule has 0 saturated carbocycles. The summed E-state index contributed by atoms with van der Waals surface area (Å²) in [4.78, 5) is 0. The minimum atomic E-state index is 0.868. The SMILES string of the molecule is CCc1ccccc1N.Cc1ccccc1N. The van der Waals surface area contributed by atoms with Crippen molar-refractivity contribution in [2.75, 3.05) is 11.5 Å². The highest BCUT2D eigenvalue weighted by Gasteiger charge is 1.90. The van der Waals surface area contributed by atoms with E-state index < -0.39 is 0 Å². The molecule has 0 aromatic heterocycles. The van der Waals surface area contributed by atoms with Crippen molar-refractivity contribution < 1.29 is 0 Å². The monoisotopic (exact) mass is 228 g/mol. The van der Waals surface area contributed by atoms with E-state index in [0.29, 0.717) is 0 Å². The van der Waals surface area contributed by atoms with Gasteiger partial charge in [-0.3, -0.25) is 0 Å². The summed E-state index contributed by atoms with van der Waals surface area (Å²) < 4.78 is 0. The Bertz CT molecular complexity index is 443. The fraction of sp³-hybridized carbons (Fsp3) is 0.200. The maximum Gasteiger partial charge on any atom is 0.0346 e. The molecule has 0 atom stereocenters. The van der Waals surface area contributed by atoms with Gasteiger partial charge >= 0.3 is 0 Å². The average molecular weight is 228 g/mol. The van der Waals surface area contributed by atoms with Gasteiger partial charge in [0.15, 0.2) is 0 Å². The summed E-state index contributed by atoms with van der Waals surface area (Å²) in [5.41, 5.74) is 15.3. The Morgan fingerprint density at radius 1 is 0.824 bits per heavy atom. The average Bonchev–Trinajstić information content (AvgIpc) is 2.34. The summed E-state index contributed by atoms with van der Waals surface area (Å²) in [6.45, 7) is 4.10.